The Balaban J connectivity index is 1.68. The maximum atomic E-state index is 12.1. The van der Waals surface area contributed by atoms with E-state index in [0.717, 1.165) is 15.8 Å². The van der Waals surface area contributed by atoms with Crippen molar-refractivity contribution in [2.24, 2.45) is 0 Å². The molecule has 126 valence electrons. The highest BCUT2D eigenvalue weighted by molar-refractivity contribution is 5.91. The Bertz CT molecular complexity index is 902. The van der Waals surface area contributed by atoms with Crippen molar-refractivity contribution < 1.29 is 9.72 Å². The molecule has 0 saturated carbocycles. The van der Waals surface area contributed by atoms with Gasteiger partial charge in [-0.3, -0.25) is 4.79 Å². The Morgan fingerprint density at radius 3 is 2.40 bits per heavy atom. The molecule has 1 amide bonds. The normalized spacial score (nSPS) is 10.4. The van der Waals surface area contributed by atoms with Crippen LogP contribution in [-0.4, -0.2) is 20.6 Å². The first-order chi connectivity index (χ1) is 12.0. The monoisotopic (exact) mass is 336 g/mol. The van der Waals surface area contributed by atoms with Crippen LogP contribution in [0, 0.1) is 17.0 Å². The zero-order valence-electron chi connectivity index (χ0n) is 13.5. The molecule has 0 fully saturated rings. The molecule has 25 heavy (non-hydrogen) atoms. The number of benzene rings is 2. The Hall–Kier alpha value is -3.48. The van der Waals surface area contributed by atoms with E-state index in [9.17, 15) is 14.9 Å². The summed E-state index contributed by atoms with van der Waals surface area (Å²) in [5.74, 6) is -0.578. The van der Waals surface area contributed by atoms with Gasteiger partial charge in [-0.25, -0.2) is 0 Å². The lowest BCUT2D eigenvalue weighted by Crippen LogP contribution is -2.20. The Morgan fingerprint density at radius 1 is 1.12 bits per heavy atom. The molecular weight excluding hydrogens is 320 g/mol. The predicted molar refractivity (Wildman–Crippen MR) is 94.1 cm³/mol. The number of carbonyl (C=O) groups is 1. The molecule has 3 aromatic rings. The van der Waals surface area contributed by atoms with E-state index in [2.05, 4.69) is 10.4 Å². The number of hydrogen-bond acceptors (Lipinski definition) is 4. The van der Waals surface area contributed by atoms with E-state index in [-0.39, 0.29) is 18.3 Å². The van der Waals surface area contributed by atoms with Crippen molar-refractivity contribution in [1.29, 1.82) is 0 Å². The number of nitro groups is 1. The van der Waals surface area contributed by atoms with E-state index in [4.69, 9.17) is 0 Å². The van der Waals surface area contributed by atoms with Crippen LogP contribution < -0.4 is 5.32 Å². The van der Waals surface area contributed by atoms with Crippen LogP contribution in [0.2, 0.25) is 0 Å². The van der Waals surface area contributed by atoms with E-state index in [1.807, 2.05) is 42.5 Å². The molecule has 0 atom stereocenters. The quantitative estimate of drug-likeness (QED) is 0.571. The van der Waals surface area contributed by atoms with Gasteiger partial charge in [0.2, 0.25) is 0 Å². The van der Waals surface area contributed by atoms with Gasteiger partial charge in [-0.05, 0) is 35.1 Å². The summed E-state index contributed by atoms with van der Waals surface area (Å²) < 4.78 is 1.09. The van der Waals surface area contributed by atoms with Gasteiger partial charge in [0.05, 0.1) is 11.8 Å². The summed E-state index contributed by atoms with van der Waals surface area (Å²) in [6, 6.07) is 18.6. The number of carbonyl (C=O) groups excluding carboxylic acids is 1. The highest BCUT2D eigenvalue weighted by Gasteiger charge is 2.19. The lowest BCUT2D eigenvalue weighted by molar-refractivity contribution is -0.392. The molecule has 1 aromatic heterocycles. The Morgan fingerprint density at radius 2 is 1.76 bits per heavy atom. The second kappa shape index (κ2) is 6.96. The van der Waals surface area contributed by atoms with Crippen molar-refractivity contribution in [2.45, 2.75) is 13.5 Å². The minimum atomic E-state index is -0.554. The second-order valence-corrected chi connectivity index (χ2v) is 5.55. The van der Waals surface area contributed by atoms with Crippen molar-refractivity contribution >= 4 is 17.4 Å². The number of nitrogens with zero attached hydrogens (tertiary/aromatic N) is 3. The van der Waals surface area contributed by atoms with E-state index in [1.54, 1.807) is 19.1 Å². The summed E-state index contributed by atoms with van der Waals surface area (Å²) in [6.45, 7) is 1.42. The fraction of sp³-hybridized carbons (Fsp3) is 0.111. The first-order valence-electron chi connectivity index (χ1n) is 7.67. The predicted octanol–water partition coefficient (Wildman–Crippen LogP) is 3.41. The maximum absolute atomic E-state index is 12.1. The molecule has 0 bridgehead atoms. The molecule has 1 heterocycles. The first kappa shape index (κ1) is 16.4. The fourth-order valence-corrected chi connectivity index (χ4v) is 2.51. The molecule has 0 unspecified atom stereocenters. The molecule has 2 aromatic carbocycles. The van der Waals surface area contributed by atoms with Gasteiger partial charge < -0.3 is 15.4 Å². The summed E-state index contributed by atoms with van der Waals surface area (Å²) in [6.07, 6.45) is 0. The minimum absolute atomic E-state index is 0.202. The molecule has 0 aliphatic heterocycles. The van der Waals surface area contributed by atoms with Gasteiger partial charge in [0.15, 0.2) is 6.54 Å². The lowest BCUT2D eigenvalue weighted by atomic mass is 10.1. The smallest absolute Gasteiger partial charge is 0.345 e. The van der Waals surface area contributed by atoms with Gasteiger partial charge >= 0.3 is 5.82 Å². The van der Waals surface area contributed by atoms with Crippen LogP contribution in [0.15, 0.2) is 60.7 Å². The lowest BCUT2D eigenvalue weighted by Gasteiger charge is -2.06. The van der Waals surface area contributed by atoms with Crippen LogP contribution in [0.3, 0.4) is 0 Å². The van der Waals surface area contributed by atoms with Gasteiger partial charge in [0.1, 0.15) is 0 Å². The molecule has 1 N–H and O–H groups in total. The van der Waals surface area contributed by atoms with Crippen molar-refractivity contribution in [3.8, 4) is 11.1 Å². The van der Waals surface area contributed by atoms with Crippen molar-refractivity contribution in [1.82, 2.24) is 9.78 Å². The summed E-state index contributed by atoms with van der Waals surface area (Å²) in [7, 11) is 0. The summed E-state index contributed by atoms with van der Waals surface area (Å²) in [4.78, 5) is 22.5. The van der Waals surface area contributed by atoms with Crippen molar-refractivity contribution in [3.63, 3.8) is 0 Å². The highest BCUT2D eigenvalue weighted by atomic mass is 16.6. The van der Waals surface area contributed by atoms with Crippen LogP contribution in [0.4, 0.5) is 11.5 Å². The van der Waals surface area contributed by atoms with E-state index in [1.165, 1.54) is 6.07 Å². The third-order valence-corrected chi connectivity index (χ3v) is 3.64. The summed E-state index contributed by atoms with van der Waals surface area (Å²) in [5.41, 5.74) is 3.24. The molecule has 0 aliphatic rings. The third-order valence-electron chi connectivity index (χ3n) is 3.64. The first-order valence-corrected chi connectivity index (χ1v) is 7.67. The molecule has 7 heteroatoms. The van der Waals surface area contributed by atoms with Gasteiger partial charge in [0, 0.05) is 5.69 Å². The SMILES string of the molecule is Cc1cc([N+](=O)[O-])n(CC(=O)Nc2ccc(-c3ccccc3)cc2)n1. The molecular formula is C18H16N4O3. The highest BCUT2D eigenvalue weighted by Crippen LogP contribution is 2.21. The molecule has 7 nitrogen and oxygen atoms in total. The average Bonchev–Trinajstić information content (AvgIpc) is 2.97. The molecule has 0 radical (unpaired) electrons. The second-order valence-electron chi connectivity index (χ2n) is 5.55. The van der Waals surface area contributed by atoms with Crippen LogP contribution in [0.1, 0.15) is 5.69 Å². The van der Waals surface area contributed by atoms with E-state index >= 15 is 0 Å². The van der Waals surface area contributed by atoms with E-state index in [0.29, 0.717) is 11.4 Å². The van der Waals surface area contributed by atoms with Gasteiger partial charge in [-0.15, -0.1) is 4.68 Å². The summed E-state index contributed by atoms with van der Waals surface area (Å²) >= 11 is 0. The molecule has 0 aliphatic carbocycles. The number of nitrogens with one attached hydrogen (secondary N) is 1. The molecule has 0 saturated heterocycles. The van der Waals surface area contributed by atoms with Crippen molar-refractivity contribution in [3.05, 3.63) is 76.5 Å². The Labute approximate surface area is 144 Å². The van der Waals surface area contributed by atoms with Crippen LogP contribution in [0.5, 0.6) is 0 Å². The average molecular weight is 336 g/mol. The zero-order valence-corrected chi connectivity index (χ0v) is 13.5. The number of anilines is 1. The maximum Gasteiger partial charge on any atom is 0.345 e. The largest absolute Gasteiger partial charge is 0.358 e. The topological polar surface area (TPSA) is 90.1 Å². The number of aryl methyl sites for hydroxylation is 1. The van der Waals surface area contributed by atoms with Gasteiger partial charge in [0.25, 0.3) is 5.91 Å². The number of amides is 1. The van der Waals surface area contributed by atoms with E-state index < -0.39 is 4.92 Å². The molecule has 0 spiro atoms. The molecule has 3 rings (SSSR count). The van der Waals surface area contributed by atoms with Crippen molar-refractivity contribution in [2.75, 3.05) is 5.32 Å². The standard InChI is InChI=1S/C18H16N4O3/c1-13-11-18(22(24)25)21(20-13)12-17(23)19-16-9-7-15(8-10-16)14-5-3-2-4-6-14/h2-11H,12H2,1H3,(H,19,23). The fourth-order valence-electron chi connectivity index (χ4n) is 2.51. The third kappa shape index (κ3) is 3.89. The van der Waals surface area contributed by atoms with Crippen LogP contribution in [-0.2, 0) is 11.3 Å². The van der Waals surface area contributed by atoms with Crippen LogP contribution in [0.25, 0.3) is 11.1 Å². The van der Waals surface area contributed by atoms with Gasteiger partial charge in [-0.1, -0.05) is 47.6 Å². The van der Waals surface area contributed by atoms with Gasteiger partial charge in [-0.2, -0.15) is 0 Å². The van der Waals surface area contributed by atoms with Crippen LogP contribution >= 0.6 is 0 Å². The number of rotatable bonds is 5. The Kier molecular flexibility index (Phi) is 4.56. The summed E-state index contributed by atoms with van der Waals surface area (Å²) in [5, 5.41) is 17.7. The minimum Gasteiger partial charge on any atom is -0.358 e. The zero-order chi connectivity index (χ0) is 17.8. The number of hydrogen-bond donors (Lipinski definition) is 1. The number of aromatic nitrogens is 2.